The molecule has 0 spiro atoms. The van der Waals surface area contributed by atoms with E-state index in [0.717, 1.165) is 6.42 Å². The van der Waals surface area contributed by atoms with E-state index in [2.05, 4.69) is 39.8 Å². The average molecular weight is 275 g/mol. The van der Waals surface area contributed by atoms with Crippen molar-refractivity contribution in [1.29, 1.82) is 0 Å². The fraction of sp³-hybridized carbons (Fsp3) is 0.684. The molecule has 1 heteroatoms. The van der Waals surface area contributed by atoms with Crippen molar-refractivity contribution in [2.45, 2.75) is 85.1 Å². The number of unbranched alkanes of at least 4 members (excludes halogenated alkanes) is 6. The number of benzene rings is 1. The Hall–Kier alpha value is -0.820. The molecule has 0 aromatic heterocycles. The Kier molecular flexibility index (Phi) is 7.91. The molecule has 2 N–H and O–H groups in total. The van der Waals surface area contributed by atoms with Crippen LogP contribution in [0.5, 0.6) is 0 Å². The standard InChI is InChI=1S/C19H33N/c1-5-6-7-8-9-10-11-12-19(20)18-14-16(3)15(2)13-17(18)4/h13-14,19H,5-12,20H2,1-4H3. The Labute approximate surface area is 126 Å². The van der Waals surface area contributed by atoms with Crippen LogP contribution in [0.1, 0.15) is 86.6 Å². The van der Waals surface area contributed by atoms with Gasteiger partial charge in [-0.3, -0.25) is 0 Å². The highest BCUT2D eigenvalue weighted by atomic mass is 14.6. The molecular weight excluding hydrogens is 242 g/mol. The monoisotopic (exact) mass is 275 g/mol. The molecule has 1 rings (SSSR count). The van der Waals surface area contributed by atoms with Crippen LogP contribution in [-0.4, -0.2) is 0 Å². The van der Waals surface area contributed by atoms with Gasteiger partial charge in [-0.25, -0.2) is 0 Å². The predicted molar refractivity (Wildman–Crippen MR) is 90.2 cm³/mol. The molecule has 114 valence electrons. The van der Waals surface area contributed by atoms with Crippen molar-refractivity contribution in [3.63, 3.8) is 0 Å². The summed E-state index contributed by atoms with van der Waals surface area (Å²) in [5.41, 5.74) is 11.8. The molecule has 0 heterocycles. The molecule has 0 saturated heterocycles. The van der Waals surface area contributed by atoms with Crippen LogP contribution in [-0.2, 0) is 0 Å². The number of rotatable bonds is 9. The van der Waals surface area contributed by atoms with Gasteiger partial charge in [0.2, 0.25) is 0 Å². The van der Waals surface area contributed by atoms with Gasteiger partial charge in [0, 0.05) is 6.04 Å². The summed E-state index contributed by atoms with van der Waals surface area (Å²) < 4.78 is 0. The Bertz CT molecular complexity index is 395. The summed E-state index contributed by atoms with van der Waals surface area (Å²) in [4.78, 5) is 0. The van der Waals surface area contributed by atoms with E-state index in [1.54, 1.807) is 0 Å². The van der Waals surface area contributed by atoms with Crippen LogP contribution in [0, 0.1) is 20.8 Å². The number of hydrogen-bond acceptors (Lipinski definition) is 1. The number of nitrogens with two attached hydrogens (primary N) is 1. The van der Waals surface area contributed by atoms with Crippen LogP contribution in [0.15, 0.2) is 12.1 Å². The van der Waals surface area contributed by atoms with Crippen molar-refractivity contribution in [2.24, 2.45) is 5.73 Å². The summed E-state index contributed by atoms with van der Waals surface area (Å²) in [6.07, 6.45) is 10.6. The molecule has 0 bridgehead atoms. The van der Waals surface area contributed by atoms with E-state index in [0.29, 0.717) is 0 Å². The zero-order valence-electron chi connectivity index (χ0n) is 14.0. The molecule has 0 radical (unpaired) electrons. The van der Waals surface area contributed by atoms with E-state index in [-0.39, 0.29) is 6.04 Å². The predicted octanol–water partition coefficient (Wildman–Crippen LogP) is 5.75. The summed E-state index contributed by atoms with van der Waals surface area (Å²) in [5, 5.41) is 0. The second-order valence-electron chi connectivity index (χ2n) is 6.31. The Morgan fingerprint density at radius 2 is 1.35 bits per heavy atom. The highest BCUT2D eigenvalue weighted by Crippen LogP contribution is 2.24. The quantitative estimate of drug-likeness (QED) is 0.570. The second kappa shape index (κ2) is 9.18. The first-order valence-electron chi connectivity index (χ1n) is 8.39. The van der Waals surface area contributed by atoms with Crippen molar-refractivity contribution in [2.75, 3.05) is 0 Å². The summed E-state index contributed by atoms with van der Waals surface area (Å²) >= 11 is 0. The largest absolute Gasteiger partial charge is 0.324 e. The van der Waals surface area contributed by atoms with Gasteiger partial charge < -0.3 is 5.73 Å². The van der Waals surface area contributed by atoms with E-state index >= 15 is 0 Å². The van der Waals surface area contributed by atoms with Gasteiger partial charge in [-0.15, -0.1) is 0 Å². The highest BCUT2D eigenvalue weighted by molar-refractivity contribution is 5.38. The highest BCUT2D eigenvalue weighted by Gasteiger charge is 2.10. The molecule has 0 aliphatic heterocycles. The fourth-order valence-electron chi connectivity index (χ4n) is 2.86. The van der Waals surface area contributed by atoms with Gasteiger partial charge in [-0.2, -0.15) is 0 Å². The van der Waals surface area contributed by atoms with Crippen molar-refractivity contribution < 1.29 is 0 Å². The minimum Gasteiger partial charge on any atom is -0.324 e. The molecule has 1 aromatic carbocycles. The van der Waals surface area contributed by atoms with Crippen LogP contribution < -0.4 is 5.73 Å². The Morgan fingerprint density at radius 3 is 2.00 bits per heavy atom. The van der Waals surface area contributed by atoms with E-state index in [1.165, 1.54) is 67.2 Å². The van der Waals surface area contributed by atoms with Gasteiger partial charge in [0.15, 0.2) is 0 Å². The second-order valence-corrected chi connectivity index (χ2v) is 6.31. The first-order valence-corrected chi connectivity index (χ1v) is 8.39. The van der Waals surface area contributed by atoms with E-state index in [4.69, 9.17) is 5.73 Å². The smallest absolute Gasteiger partial charge is 0.0297 e. The first-order chi connectivity index (χ1) is 9.56. The molecule has 20 heavy (non-hydrogen) atoms. The minimum atomic E-state index is 0.213. The van der Waals surface area contributed by atoms with Crippen LogP contribution in [0.3, 0.4) is 0 Å². The SMILES string of the molecule is CCCCCCCCCC(N)c1cc(C)c(C)cc1C. The molecule has 1 aromatic rings. The van der Waals surface area contributed by atoms with Crippen LogP contribution in [0.25, 0.3) is 0 Å². The molecular formula is C19H33N. The molecule has 0 aliphatic carbocycles. The van der Waals surface area contributed by atoms with Gasteiger partial charge in [0.1, 0.15) is 0 Å². The lowest BCUT2D eigenvalue weighted by Crippen LogP contribution is -2.12. The summed E-state index contributed by atoms with van der Waals surface area (Å²) in [6.45, 7) is 8.81. The molecule has 0 saturated carbocycles. The molecule has 1 atom stereocenters. The summed E-state index contributed by atoms with van der Waals surface area (Å²) in [7, 11) is 0. The lowest BCUT2D eigenvalue weighted by atomic mass is 9.93. The van der Waals surface area contributed by atoms with Crippen LogP contribution in [0.2, 0.25) is 0 Å². The third kappa shape index (κ3) is 5.66. The number of aryl methyl sites for hydroxylation is 3. The first kappa shape index (κ1) is 17.2. The molecule has 0 amide bonds. The normalized spacial score (nSPS) is 12.7. The topological polar surface area (TPSA) is 26.0 Å². The lowest BCUT2D eigenvalue weighted by Gasteiger charge is -2.17. The average Bonchev–Trinajstić information content (AvgIpc) is 2.41. The van der Waals surface area contributed by atoms with Crippen molar-refractivity contribution in [1.82, 2.24) is 0 Å². The summed E-state index contributed by atoms with van der Waals surface area (Å²) in [5.74, 6) is 0. The van der Waals surface area contributed by atoms with Gasteiger partial charge in [0.05, 0.1) is 0 Å². The maximum absolute atomic E-state index is 6.38. The van der Waals surface area contributed by atoms with Gasteiger partial charge >= 0.3 is 0 Å². The lowest BCUT2D eigenvalue weighted by molar-refractivity contribution is 0.540. The maximum atomic E-state index is 6.38. The summed E-state index contributed by atoms with van der Waals surface area (Å²) in [6, 6.07) is 4.77. The molecule has 0 fully saturated rings. The van der Waals surface area contributed by atoms with Crippen LogP contribution >= 0.6 is 0 Å². The maximum Gasteiger partial charge on any atom is 0.0297 e. The minimum absolute atomic E-state index is 0.213. The van der Waals surface area contributed by atoms with Crippen molar-refractivity contribution in [3.8, 4) is 0 Å². The van der Waals surface area contributed by atoms with Crippen molar-refractivity contribution in [3.05, 3.63) is 34.4 Å². The zero-order chi connectivity index (χ0) is 15.0. The zero-order valence-corrected chi connectivity index (χ0v) is 14.0. The van der Waals surface area contributed by atoms with E-state index in [9.17, 15) is 0 Å². The van der Waals surface area contributed by atoms with E-state index < -0.39 is 0 Å². The fourth-order valence-corrected chi connectivity index (χ4v) is 2.86. The third-order valence-corrected chi connectivity index (χ3v) is 4.40. The number of hydrogen-bond donors (Lipinski definition) is 1. The Morgan fingerprint density at radius 1 is 0.800 bits per heavy atom. The van der Waals surface area contributed by atoms with Crippen molar-refractivity contribution >= 4 is 0 Å². The molecule has 1 unspecified atom stereocenters. The molecule has 0 aliphatic rings. The van der Waals surface area contributed by atoms with Gasteiger partial charge in [-0.1, -0.05) is 64.0 Å². The Balaban J connectivity index is 2.32. The van der Waals surface area contributed by atoms with E-state index in [1.807, 2.05) is 0 Å². The molecule has 1 nitrogen and oxygen atoms in total. The van der Waals surface area contributed by atoms with Gasteiger partial charge in [-0.05, 0) is 49.4 Å². The van der Waals surface area contributed by atoms with Crippen LogP contribution in [0.4, 0.5) is 0 Å². The van der Waals surface area contributed by atoms with Gasteiger partial charge in [0.25, 0.3) is 0 Å². The third-order valence-electron chi connectivity index (χ3n) is 4.40.